The second kappa shape index (κ2) is 13.5. The van der Waals surface area contributed by atoms with E-state index in [2.05, 4.69) is 218 Å². The van der Waals surface area contributed by atoms with Crippen LogP contribution in [0.2, 0.25) is 0 Å². The molecule has 0 aliphatic rings. The summed E-state index contributed by atoms with van der Waals surface area (Å²) in [7, 11) is 0. The van der Waals surface area contributed by atoms with Gasteiger partial charge in [-0.1, -0.05) is 182 Å². The molecule has 0 saturated heterocycles. The van der Waals surface area contributed by atoms with E-state index in [4.69, 9.17) is 0 Å². The monoisotopic (exact) mass is 684 g/mol. The average molecular weight is 685 g/mol. The highest BCUT2D eigenvalue weighted by molar-refractivity contribution is 6.09. The zero-order chi connectivity index (χ0) is 35.8. The molecular weight excluding hydrogens is 649 g/mol. The summed E-state index contributed by atoms with van der Waals surface area (Å²) in [5.74, 6) is 0. The van der Waals surface area contributed by atoms with Crippen LogP contribution in [-0.2, 0) is 0 Å². The highest BCUT2D eigenvalue weighted by Gasteiger charge is 2.15. The van der Waals surface area contributed by atoms with Gasteiger partial charge in [-0.25, -0.2) is 0 Å². The van der Waals surface area contributed by atoms with Crippen molar-refractivity contribution < 1.29 is 0 Å². The first-order valence-electron chi connectivity index (χ1n) is 18.7. The largest absolute Gasteiger partial charge is 0.0622 e. The minimum atomic E-state index is 1.20. The molecule has 0 nitrogen and oxygen atoms in total. The molecule has 0 saturated carbocycles. The highest BCUT2D eigenvalue weighted by atomic mass is 14.2. The third-order valence-corrected chi connectivity index (χ3v) is 10.8. The van der Waals surface area contributed by atoms with Gasteiger partial charge in [0.25, 0.3) is 0 Å². The van der Waals surface area contributed by atoms with Crippen LogP contribution in [0.4, 0.5) is 0 Å². The topological polar surface area (TPSA) is 0 Å². The SMILES string of the molecule is c1ccc(-c2cc(-c3ccc(-c4ccc5ccccc5c4)cc3)cc3c(-c4ccccc4)cc(-c4ccc(-c5ccc6ccccc6c5)cc4)cc23)cc1. The quantitative estimate of drug-likeness (QED) is 0.164. The van der Waals surface area contributed by atoms with Crippen LogP contribution in [0.3, 0.4) is 0 Å². The van der Waals surface area contributed by atoms with Crippen molar-refractivity contribution in [2.45, 2.75) is 0 Å². The minimum Gasteiger partial charge on any atom is -0.0622 e. The molecule has 0 atom stereocenters. The third kappa shape index (κ3) is 5.94. The average Bonchev–Trinajstić information content (AvgIpc) is 3.26. The van der Waals surface area contributed by atoms with E-state index in [0.29, 0.717) is 0 Å². The van der Waals surface area contributed by atoms with Crippen molar-refractivity contribution in [3.8, 4) is 66.8 Å². The van der Waals surface area contributed by atoms with Gasteiger partial charge in [0.05, 0.1) is 0 Å². The summed E-state index contributed by atoms with van der Waals surface area (Å²) in [6, 6.07) is 79.9. The standard InChI is InChI=1S/C54H36/c1-3-13-43(14-4-1)51-33-49(41-23-19-39(20-24-41)47-29-27-37-11-7-9-17-45(37)31-47)36-54-52(44-15-5-2-6-16-44)34-50(35-53(51)54)42-25-21-40(22-26-42)48-30-28-38-12-8-10-18-46(38)32-48/h1-36H. The van der Waals surface area contributed by atoms with E-state index >= 15 is 0 Å². The maximum atomic E-state index is 2.39. The Hall–Kier alpha value is -7.02. The number of fused-ring (bicyclic) bond motifs is 3. The normalized spacial score (nSPS) is 11.3. The molecule has 0 aromatic heterocycles. The number of rotatable bonds is 6. The molecule has 0 unspecified atom stereocenters. The van der Waals surface area contributed by atoms with Crippen molar-refractivity contribution in [3.05, 3.63) is 218 Å². The van der Waals surface area contributed by atoms with E-state index < -0.39 is 0 Å². The first-order chi connectivity index (χ1) is 26.7. The highest BCUT2D eigenvalue weighted by Crippen LogP contribution is 2.42. The molecule has 0 fully saturated rings. The van der Waals surface area contributed by atoms with Gasteiger partial charge in [0, 0.05) is 0 Å². The van der Waals surface area contributed by atoms with Crippen LogP contribution >= 0.6 is 0 Å². The van der Waals surface area contributed by atoms with E-state index in [-0.39, 0.29) is 0 Å². The molecule has 10 aromatic carbocycles. The maximum absolute atomic E-state index is 2.39. The Kier molecular flexibility index (Phi) is 7.93. The lowest BCUT2D eigenvalue weighted by molar-refractivity contribution is 1.58. The zero-order valence-corrected chi connectivity index (χ0v) is 29.8. The molecule has 0 aliphatic heterocycles. The number of hydrogen-bond donors (Lipinski definition) is 0. The van der Waals surface area contributed by atoms with Gasteiger partial charge in [-0.3, -0.25) is 0 Å². The van der Waals surface area contributed by atoms with Gasteiger partial charge >= 0.3 is 0 Å². The van der Waals surface area contributed by atoms with E-state index in [1.54, 1.807) is 0 Å². The molecule has 0 aliphatic carbocycles. The smallest absolute Gasteiger partial charge is 0.00926 e. The molecular formula is C54H36. The Balaban J connectivity index is 1.11. The summed E-state index contributed by atoms with van der Waals surface area (Å²) < 4.78 is 0. The Morgan fingerprint density at radius 3 is 0.870 bits per heavy atom. The molecule has 0 heterocycles. The van der Waals surface area contributed by atoms with Gasteiger partial charge < -0.3 is 0 Å². The molecule has 0 N–H and O–H groups in total. The summed E-state index contributed by atoms with van der Waals surface area (Å²) >= 11 is 0. The lowest BCUT2D eigenvalue weighted by atomic mass is 9.86. The minimum absolute atomic E-state index is 1.20. The first-order valence-corrected chi connectivity index (χ1v) is 18.7. The molecule has 10 aromatic rings. The van der Waals surface area contributed by atoms with Crippen LogP contribution in [0.5, 0.6) is 0 Å². The van der Waals surface area contributed by atoms with Gasteiger partial charge in [0.2, 0.25) is 0 Å². The molecule has 10 rings (SSSR count). The summed E-state index contributed by atoms with van der Waals surface area (Å²) in [6.45, 7) is 0. The Labute approximate surface area is 316 Å². The molecule has 252 valence electrons. The van der Waals surface area contributed by atoms with E-state index in [1.807, 2.05) is 0 Å². The van der Waals surface area contributed by atoms with Crippen LogP contribution in [0, 0.1) is 0 Å². The van der Waals surface area contributed by atoms with Crippen LogP contribution in [0.1, 0.15) is 0 Å². The predicted octanol–water partition coefficient (Wildman–Crippen LogP) is 15.1. The predicted molar refractivity (Wildman–Crippen MR) is 232 cm³/mol. The Morgan fingerprint density at radius 2 is 0.481 bits per heavy atom. The van der Waals surface area contributed by atoms with Crippen LogP contribution in [0.25, 0.3) is 99.1 Å². The summed E-state index contributed by atoms with van der Waals surface area (Å²) in [5, 5.41) is 7.53. The fraction of sp³-hybridized carbons (Fsp3) is 0. The van der Waals surface area contributed by atoms with Gasteiger partial charge in [-0.05, 0) is 135 Å². The fourth-order valence-electron chi connectivity index (χ4n) is 7.96. The Bertz CT molecular complexity index is 2730. The summed E-state index contributed by atoms with van der Waals surface area (Å²) in [4.78, 5) is 0. The van der Waals surface area contributed by atoms with Crippen molar-refractivity contribution in [3.63, 3.8) is 0 Å². The van der Waals surface area contributed by atoms with E-state index in [1.165, 1.54) is 99.1 Å². The van der Waals surface area contributed by atoms with E-state index in [0.717, 1.165) is 0 Å². The lowest BCUT2D eigenvalue weighted by Crippen LogP contribution is -1.91. The molecule has 0 amide bonds. The fourth-order valence-corrected chi connectivity index (χ4v) is 7.96. The summed E-state index contributed by atoms with van der Waals surface area (Å²) in [5.41, 5.74) is 14.6. The first kappa shape index (κ1) is 31.7. The number of benzene rings is 10. The Morgan fingerprint density at radius 1 is 0.167 bits per heavy atom. The van der Waals surface area contributed by atoms with Gasteiger partial charge in [-0.15, -0.1) is 0 Å². The van der Waals surface area contributed by atoms with Crippen molar-refractivity contribution >= 4 is 32.3 Å². The molecule has 0 radical (unpaired) electrons. The van der Waals surface area contributed by atoms with Crippen LogP contribution in [0.15, 0.2) is 218 Å². The van der Waals surface area contributed by atoms with Gasteiger partial charge in [0.1, 0.15) is 0 Å². The van der Waals surface area contributed by atoms with Crippen molar-refractivity contribution in [1.82, 2.24) is 0 Å². The lowest BCUT2D eigenvalue weighted by Gasteiger charge is -2.17. The van der Waals surface area contributed by atoms with Crippen LogP contribution in [-0.4, -0.2) is 0 Å². The summed E-state index contributed by atoms with van der Waals surface area (Å²) in [6.07, 6.45) is 0. The van der Waals surface area contributed by atoms with Gasteiger partial charge in [0.15, 0.2) is 0 Å². The second-order valence-corrected chi connectivity index (χ2v) is 14.2. The molecule has 54 heavy (non-hydrogen) atoms. The molecule has 0 bridgehead atoms. The van der Waals surface area contributed by atoms with Gasteiger partial charge in [-0.2, -0.15) is 0 Å². The van der Waals surface area contributed by atoms with Crippen molar-refractivity contribution in [1.29, 1.82) is 0 Å². The molecule has 0 heteroatoms. The van der Waals surface area contributed by atoms with Crippen LogP contribution < -0.4 is 0 Å². The van der Waals surface area contributed by atoms with Crippen molar-refractivity contribution in [2.75, 3.05) is 0 Å². The maximum Gasteiger partial charge on any atom is -0.00926 e. The third-order valence-electron chi connectivity index (χ3n) is 10.8. The van der Waals surface area contributed by atoms with E-state index in [9.17, 15) is 0 Å². The second-order valence-electron chi connectivity index (χ2n) is 14.2. The molecule has 0 spiro atoms. The number of hydrogen-bond acceptors (Lipinski definition) is 0. The zero-order valence-electron chi connectivity index (χ0n) is 29.8. The van der Waals surface area contributed by atoms with Crippen molar-refractivity contribution in [2.24, 2.45) is 0 Å².